The van der Waals surface area contributed by atoms with Crippen LogP contribution in [-0.4, -0.2) is 30.3 Å². The number of ketones is 1. The Bertz CT molecular complexity index is 1470. The van der Waals surface area contributed by atoms with Gasteiger partial charge in [-0.15, -0.1) is 0 Å². The molecule has 2 heterocycles. The van der Waals surface area contributed by atoms with E-state index in [0.29, 0.717) is 28.8 Å². The lowest BCUT2D eigenvalue weighted by atomic mass is 10.1. The molecule has 0 saturated heterocycles. The summed E-state index contributed by atoms with van der Waals surface area (Å²) in [6.07, 6.45) is 0. The number of imidazole rings is 1. The Morgan fingerprint density at radius 3 is 2.20 bits per heavy atom. The molecule has 3 aromatic carbocycles. The zero-order valence-electron chi connectivity index (χ0n) is 18.9. The van der Waals surface area contributed by atoms with Crippen LogP contribution in [-0.2, 0) is 16.6 Å². The quantitative estimate of drug-likeness (QED) is 0.387. The Morgan fingerprint density at radius 1 is 0.943 bits per heavy atom. The topological polar surface area (TPSA) is 84.3 Å². The molecule has 7 nitrogen and oxygen atoms in total. The van der Waals surface area contributed by atoms with Crippen molar-refractivity contribution in [2.75, 3.05) is 16.2 Å². The molecule has 1 aromatic heterocycles. The lowest BCUT2D eigenvalue weighted by Crippen LogP contribution is -2.43. The van der Waals surface area contributed by atoms with Gasteiger partial charge in [-0.05, 0) is 42.3 Å². The molecule has 0 amide bonds. The Kier molecular flexibility index (Phi) is 6.08. The fraction of sp³-hybridized carbons (Fsp3) is 0.154. The number of carbonyl (C=O) groups excluding carboxylic acids is 1. The summed E-state index contributed by atoms with van der Waals surface area (Å²) in [6, 6.07) is 25.5. The van der Waals surface area contributed by atoms with Gasteiger partial charge in [0, 0.05) is 23.8 Å². The predicted octanol–water partition coefficient (Wildman–Crippen LogP) is 5.23. The number of carbonyl (C=O) groups is 1. The van der Waals surface area contributed by atoms with Gasteiger partial charge in [-0.25, -0.2) is 8.42 Å². The van der Waals surface area contributed by atoms with Gasteiger partial charge in [-0.3, -0.25) is 13.7 Å². The number of benzene rings is 3. The molecular formula is C26H23ClN4O3S. The number of Topliss-reactive ketones (excluding diaryl/α,β-unsaturated/α-hetero) is 1. The molecule has 35 heavy (non-hydrogen) atoms. The average Bonchev–Trinajstić information content (AvgIpc) is 3.24. The fourth-order valence-corrected chi connectivity index (χ4v) is 6.32. The summed E-state index contributed by atoms with van der Waals surface area (Å²) in [6.45, 7) is 2.32. The second-order valence-corrected chi connectivity index (χ2v) is 10.5. The lowest BCUT2D eigenvalue weighted by molar-refractivity contribution is 0.0978. The van der Waals surface area contributed by atoms with Crippen molar-refractivity contribution < 1.29 is 13.2 Å². The first kappa shape index (κ1) is 23.1. The standard InChI is InChI=1S/C26H23ClN4O3S/c1-2-30-25-22(23(32)24(35(30,33)34)19-13-15-20(27)16-14-19)31(21-11-7-4-8-12-21)26(29-25)28-17-18-9-5-3-6-10-18/h3-16,24H,2,17H2,1H3,(H,28,29). The van der Waals surface area contributed by atoms with Crippen LogP contribution in [0, 0.1) is 0 Å². The molecule has 4 aromatic rings. The molecule has 178 valence electrons. The largest absolute Gasteiger partial charge is 0.351 e. The number of sulfonamides is 1. The number of nitrogens with one attached hydrogen (secondary N) is 1. The van der Waals surface area contributed by atoms with E-state index in [4.69, 9.17) is 11.6 Å². The van der Waals surface area contributed by atoms with Gasteiger partial charge in [0.1, 0.15) is 5.69 Å². The molecule has 1 atom stereocenters. The molecule has 1 aliphatic heterocycles. The maximum atomic E-state index is 13.9. The van der Waals surface area contributed by atoms with E-state index < -0.39 is 21.1 Å². The summed E-state index contributed by atoms with van der Waals surface area (Å²) in [5.74, 6) is -0.0120. The SMILES string of the molecule is CCN1c2nc(NCc3ccccc3)n(-c3ccccc3)c2C(=O)C(c2ccc(Cl)cc2)S1(=O)=O. The zero-order chi connectivity index (χ0) is 24.6. The van der Waals surface area contributed by atoms with E-state index >= 15 is 0 Å². The minimum absolute atomic E-state index is 0.127. The van der Waals surface area contributed by atoms with Crippen LogP contribution in [0.3, 0.4) is 0 Å². The highest BCUT2D eigenvalue weighted by Gasteiger charge is 2.48. The van der Waals surface area contributed by atoms with E-state index in [1.165, 1.54) is 4.31 Å². The van der Waals surface area contributed by atoms with Gasteiger partial charge in [-0.1, -0.05) is 72.3 Å². The molecule has 0 radical (unpaired) electrons. The molecule has 0 fully saturated rings. The van der Waals surface area contributed by atoms with Crippen molar-refractivity contribution in [1.82, 2.24) is 9.55 Å². The van der Waals surface area contributed by atoms with Crippen molar-refractivity contribution in [2.45, 2.75) is 18.7 Å². The summed E-state index contributed by atoms with van der Waals surface area (Å²) < 4.78 is 30.2. The highest BCUT2D eigenvalue weighted by atomic mass is 35.5. The summed E-state index contributed by atoms with van der Waals surface area (Å²) in [5, 5.41) is 2.37. The third-order valence-electron chi connectivity index (χ3n) is 5.94. The number of halogens is 1. The van der Waals surface area contributed by atoms with Crippen molar-refractivity contribution in [3.05, 3.63) is 107 Å². The van der Waals surface area contributed by atoms with Crippen LogP contribution >= 0.6 is 11.6 Å². The molecule has 0 bridgehead atoms. The van der Waals surface area contributed by atoms with Crippen molar-refractivity contribution in [1.29, 1.82) is 0 Å². The molecule has 0 aliphatic carbocycles. The third-order valence-corrected chi connectivity index (χ3v) is 8.32. The van der Waals surface area contributed by atoms with Gasteiger partial charge in [0.25, 0.3) is 10.0 Å². The van der Waals surface area contributed by atoms with Gasteiger partial charge in [0.05, 0.1) is 0 Å². The number of fused-ring (bicyclic) bond motifs is 1. The lowest BCUT2D eigenvalue weighted by Gasteiger charge is -2.31. The molecular weight excluding hydrogens is 484 g/mol. The second-order valence-electron chi connectivity index (χ2n) is 8.12. The fourth-order valence-electron chi connectivity index (χ4n) is 4.33. The monoisotopic (exact) mass is 506 g/mol. The smallest absolute Gasteiger partial charge is 0.251 e. The summed E-state index contributed by atoms with van der Waals surface area (Å²) in [7, 11) is -4.06. The van der Waals surface area contributed by atoms with Crippen LogP contribution in [0.4, 0.5) is 11.8 Å². The van der Waals surface area contributed by atoms with E-state index in [1.807, 2.05) is 60.7 Å². The van der Waals surface area contributed by atoms with Crippen molar-refractivity contribution in [3.63, 3.8) is 0 Å². The first-order valence-corrected chi connectivity index (χ1v) is 13.1. The molecule has 1 unspecified atom stereocenters. The summed E-state index contributed by atoms with van der Waals surface area (Å²) in [4.78, 5) is 18.6. The average molecular weight is 507 g/mol. The van der Waals surface area contributed by atoms with Crippen LogP contribution in [0.25, 0.3) is 5.69 Å². The van der Waals surface area contributed by atoms with Gasteiger partial charge in [-0.2, -0.15) is 4.98 Å². The Morgan fingerprint density at radius 2 is 1.57 bits per heavy atom. The molecule has 9 heteroatoms. The van der Waals surface area contributed by atoms with E-state index in [2.05, 4.69) is 10.3 Å². The third kappa shape index (κ3) is 4.09. The number of anilines is 2. The van der Waals surface area contributed by atoms with Crippen LogP contribution in [0.1, 0.15) is 33.8 Å². The summed E-state index contributed by atoms with van der Waals surface area (Å²) >= 11 is 6.02. The Labute approximate surface area is 209 Å². The molecule has 0 saturated carbocycles. The van der Waals surface area contributed by atoms with Crippen LogP contribution in [0.2, 0.25) is 5.02 Å². The zero-order valence-corrected chi connectivity index (χ0v) is 20.5. The number of para-hydroxylation sites is 1. The van der Waals surface area contributed by atoms with E-state index in [-0.39, 0.29) is 18.1 Å². The second kappa shape index (κ2) is 9.20. The predicted molar refractivity (Wildman–Crippen MR) is 138 cm³/mol. The van der Waals surface area contributed by atoms with Gasteiger partial charge < -0.3 is 5.32 Å². The maximum Gasteiger partial charge on any atom is 0.251 e. The van der Waals surface area contributed by atoms with Gasteiger partial charge >= 0.3 is 0 Å². The number of aromatic nitrogens is 2. The highest BCUT2D eigenvalue weighted by molar-refractivity contribution is 7.94. The number of hydrogen-bond donors (Lipinski definition) is 1. The highest BCUT2D eigenvalue weighted by Crippen LogP contribution is 2.42. The minimum atomic E-state index is -4.06. The minimum Gasteiger partial charge on any atom is -0.351 e. The molecule has 1 N–H and O–H groups in total. The van der Waals surface area contributed by atoms with Crippen LogP contribution in [0.5, 0.6) is 0 Å². The summed E-state index contributed by atoms with van der Waals surface area (Å²) in [5.41, 5.74) is 2.32. The van der Waals surface area contributed by atoms with Crippen molar-refractivity contribution in [2.24, 2.45) is 0 Å². The maximum absolute atomic E-state index is 13.9. The van der Waals surface area contributed by atoms with Gasteiger partial charge in [0.2, 0.25) is 11.7 Å². The van der Waals surface area contributed by atoms with E-state index in [0.717, 1.165) is 5.56 Å². The van der Waals surface area contributed by atoms with E-state index in [9.17, 15) is 13.2 Å². The molecule has 0 spiro atoms. The first-order chi connectivity index (χ1) is 16.9. The molecule has 1 aliphatic rings. The van der Waals surface area contributed by atoms with Crippen molar-refractivity contribution in [3.8, 4) is 5.69 Å². The van der Waals surface area contributed by atoms with Crippen molar-refractivity contribution >= 4 is 39.2 Å². The van der Waals surface area contributed by atoms with Crippen LogP contribution < -0.4 is 9.62 Å². The molecule has 5 rings (SSSR count). The van der Waals surface area contributed by atoms with Gasteiger partial charge in [0.15, 0.2) is 11.1 Å². The Balaban J connectivity index is 1.70. The van der Waals surface area contributed by atoms with Crippen LogP contribution in [0.15, 0.2) is 84.9 Å². The normalized spacial score (nSPS) is 16.7. The van der Waals surface area contributed by atoms with E-state index in [1.54, 1.807) is 35.8 Å². The number of rotatable bonds is 6. The first-order valence-electron chi connectivity index (χ1n) is 11.2. The number of nitrogens with zero attached hydrogens (tertiary/aromatic N) is 3. The Hall–Kier alpha value is -3.62. The number of hydrogen-bond acceptors (Lipinski definition) is 5.